The molecule has 0 amide bonds. The van der Waals surface area contributed by atoms with E-state index >= 15 is 0 Å². The van der Waals surface area contributed by atoms with E-state index in [0.29, 0.717) is 12.3 Å². The van der Waals surface area contributed by atoms with E-state index in [-0.39, 0.29) is 10.1 Å². The van der Waals surface area contributed by atoms with E-state index in [4.69, 9.17) is 0 Å². The number of fused-ring (bicyclic) bond motifs is 1. The smallest absolute Gasteiger partial charge is 0.455 e. The van der Waals surface area contributed by atoms with E-state index in [9.17, 15) is 36.2 Å². The van der Waals surface area contributed by atoms with Gasteiger partial charge in [-0.05, 0) is 12.1 Å². The third kappa shape index (κ3) is 2.52. The van der Waals surface area contributed by atoms with Crippen LogP contribution in [0.1, 0.15) is 0 Å². The molecule has 1 aromatic heterocycles. The quantitative estimate of drug-likeness (QED) is 0.867. The summed E-state index contributed by atoms with van der Waals surface area (Å²) in [6, 6.07) is 1.58. The van der Waals surface area contributed by atoms with Crippen LogP contribution in [0.2, 0.25) is 0 Å². The topological polar surface area (TPSA) is 55.1 Å². The fourth-order valence-electron chi connectivity index (χ4n) is 1.63. The van der Waals surface area contributed by atoms with Crippen molar-refractivity contribution < 1.29 is 31.4 Å². The van der Waals surface area contributed by atoms with Crippen LogP contribution in [0.25, 0.3) is 10.8 Å². The average molecular weight is 312 g/mol. The Kier molecular flexibility index (Phi) is 3.34. The molecule has 2 rings (SSSR count). The van der Waals surface area contributed by atoms with Gasteiger partial charge in [0.1, 0.15) is 18.1 Å². The monoisotopic (exact) mass is 312 g/mol. The molecule has 0 aliphatic rings. The van der Waals surface area contributed by atoms with Gasteiger partial charge in [-0.15, -0.1) is 0 Å². The van der Waals surface area contributed by atoms with Crippen molar-refractivity contribution in [1.29, 1.82) is 0 Å². The predicted molar refractivity (Wildman–Crippen MR) is 58.6 cm³/mol. The van der Waals surface area contributed by atoms with Gasteiger partial charge in [0.2, 0.25) is 0 Å². The molecule has 1 aromatic carbocycles. The number of rotatable bonds is 2. The van der Waals surface area contributed by atoms with Crippen LogP contribution in [0.15, 0.2) is 23.1 Å². The van der Waals surface area contributed by atoms with Crippen molar-refractivity contribution in [2.75, 3.05) is 0 Å². The molecular formula is C11H6F6N2O2. The zero-order valence-corrected chi connectivity index (χ0v) is 9.96. The van der Waals surface area contributed by atoms with Gasteiger partial charge >= 0.3 is 12.1 Å². The Balaban J connectivity index is 2.61. The molecule has 4 nitrogen and oxygen atoms in total. The van der Waals surface area contributed by atoms with E-state index in [1.807, 2.05) is 0 Å². The standard InChI is InChI=1S/C11H6F6N2O2/c12-6-1-2-7(20)5-3-18-19(9(21)8(5)6)4-10(13,14)11(15,16)17/h1-3,20H,4H2. The number of halogens is 6. The Hall–Kier alpha value is -2.26. The van der Waals surface area contributed by atoms with Crippen LogP contribution in [-0.2, 0) is 6.54 Å². The van der Waals surface area contributed by atoms with Gasteiger partial charge in [-0.2, -0.15) is 27.1 Å². The van der Waals surface area contributed by atoms with Crippen LogP contribution in [-0.4, -0.2) is 27.0 Å². The minimum atomic E-state index is -5.87. The van der Waals surface area contributed by atoms with Crippen molar-refractivity contribution in [3.63, 3.8) is 0 Å². The average Bonchev–Trinajstić information content (AvgIpc) is 2.35. The second kappa shape index (κ2) is 4.64. The normalized spacial score (nSPS) is 12.9. The highest BCUT2D eigenvalue weighted by Crippen LogP contribution is 2.36. The molecule has 114 valence electrons. The van der Waals surface area contributed by atoms with Crippen molar-refractivity contribution in [2.45, 2.75) is 18.6 Å². The first-order valence-electron chi connectivity index (χ1n) is 5.36. The largest absolute Gasteiger partial charge is 0.507 e. The molecule has 0 radical (unpaired) electrons. The van der Waals surface area contributed by atoms with E-state index < -0.39 is 41.2 Å². The van der Waals surface area contributed by atoms with Gasteiger partial charge in [0, 0.05) is 0 Å². The number of aromatic hydroxyl groups is 1. The Morgan fingerprint density at radius 3 is 2.38 bits per heavy atom. The highest BCUT2D eigenvalue weighted by Gasteiger charge is 2.58. The number of hydrogen-bond donors (Lipinski definition) is 1. The molecule has 0 unspecified atom stereocenters. The fraction of sp³-hybridized carbons (Fsp3) is 0.273. The summed E-state index contributed by atoms with van der Waals surface area (Å²) in [5.41, 5.74) is -1.50. The third-order valence-electron chi connectivity index (χ3n) is 2.71. The molecule has 1 heterocycles. The van der Waals surface area contributed by atoms with Crippen molar-refractivity contribution in [3.05, 3.63) is 34.5 Å². The Bertz CT molecular complexity index is 753. The first-order chi connectivity index (χ1) is 9.54. The van der Waals surface area contributed by atoms with Crippen molar-refractivity contribution in [2.24, 2.45) is 0 Å². The molecule has 21 heavy (non-hydrogen) atoms. The molecule has 0 atom stereocenters. The van der Waals surface area contributed by atoms with E-state index in [0.717, 1.165) is 6.07 Å². The highest BCUT2D eigenvalue weighted by molar-refractivity contribution is 5.86. The Morgan fingerprint density at radius 2 is 1.81 bits per heavy atom. The van der Waals surface area contributed by atoms with Crippen LogP contribution >= 0.6 is 0 Å². The molecular weight excluding hydrogens is 306 g/mol. The second-order valence-corrected chi connectivity index (χ2v) is 4.16. The number of nitrogens with zero attached hydrogens (tertiary/aromatic N) is 2. The lowest BCUT2D eigenvalue weighted by atomic mass is 10.1. The summed E-state index contributed by atoms with van der Waals surface area (Å²) in [6.45, 7) is -2.08. The predicted octanol–water partition coefficient (Wildman–Crippen LogP) is 2.44. The number of alkyl halides is 5. The van der Waals surface area contributed by atoms with Crippen LogP contribution in [0, 0.1) is 5.82 Å². The number of hydrogen-bond acceptors (Lipinski definition) is 3. The molecule has 0 fully saturated rings. The molecule has 10 heteroatoms. The summed E-state index contributed by atoms with van der Waals surface area (Å²) in [4.78, 5) is 11.8. The lowest BCUT2D eigenvalue weighted by molar-refractivity contribution is -0.287. The van der Waals surface area contributed by atoms with Gasteiger partial charge in [0.15, 0.2) is 0 Å². The van der Waals surface area contributed by atoms with Crippen molar-refractivity contribution in [3.8, 4) is 5.75 Å². The molecule has 2 aromatic rings. The van der Waals surface area contributed by atoms with E-state index in [1.165, 1.54) is 0 Å². The SMILES string of the molecule is O=c1c2c(F)ccc(O)c2cnn1CC(F)(F)C(F)(F)F. The maximum atomic E-state index is 13.5. The lowest BCUT2D eigenvalue weighted by Gasteiger charge is -2.19. The number of benzene rings is 1. The molecule has 0 saturated heterocycles. The zero-order valence-electron chi connectivity index (χ0n) is 9.96. The van der Waals surface area contributed by atoms with Gasteiger partial charge in [-0.1, -0.05) is 0 Å². The minimum Gasteiger partial charge on any atom is -0.507 e. The van der Waals surface area contributed by atoms with Gasteiger partial charge < -0.3 is 5.11 Å². The third-order valence-corrected chi connectivity index (χ3v) is 2.71. The fourth-order valence-corrected chi connectivity index (χ4v) is 1.63. The number of phenolic OH excluding ortho intramolecular Hbond substituents is 1. The van der Waals surface area contributed by atoms with E-state index in [1.54, 1.807) is 0 Å². The Morgan fingerprint density at radius 1 is 1.19 bits per heavy atom. The molecule has 0 aliphatic heterocycles. The first kappa shape index (κ1) is 15.1. The Labute approximate surface area is 112 Å². The van der Waals surface area contributed by atoms with Crippen molar-refractivity contribution in [1.82, 2.24) is 9.78 Å². The van der Waals surface area contributed by atoms with Crippen molar-refractivity contribution >= 4 is 10.8 Å². The van der Waals surface area contributed by atoms with Gasteiger partial charge in [0.25, 0.3) is 5.56 Å². The second-order valence-electron chi connectivity index (χ2n) is 4.16. The lowest BCUT2D eigenvalue weighted by Crippen LogP contribution is -2.43. The van der Waals surface area contributed by atoms with Crippen LogP contribution in [0.3, 0.4) is 0 Å². The molecule has 0 saturated carbocycles. The van der Waals surface area contributed by atoms with Crippen LogP contribution < -0.4 is 5.56 Å². The van der Waals surface area contributed by atoms with Gasteiger partial charge in [-0.25, -0.2) is 9.07 Å². The highest BCUT2D eigenvalue weighted by atomic mass is 19.4. The molecule has 1 N–H and O–H groups in total. The summed E-state index contributed by atoms with van der Waals surface area (Å²) < 4.78 is 75.4. The maximum absolute atomic E-state index is 13.5. The molecule has 0 bridgehead atoms. The number of phenols is 1. The van der Waals surface area contributed by atoms with Crippen LogP contribution in [0.4, 0.5) is 26.3 Å². The molecule has 0 aliphatic carbocycles. The summed E-state index contributed by atoms with van der Waals surface area (Å²) in [6.07, 6.45) is -5.23. The summed E-state index contributed by atoms with van der Waals surface area (Å²) in [7, 11) is 0. The molecule has 0 spiro atoms. The maximum Gasteiger partial charge on any atom is 0.455 e. The summed E-state index contributed by atoms with van der Waals surface area (Å²) in [5, 5.41) is 11.3. The van der Waals surface area contributed by atoms with Crippen LogP contribution in [0.5, 0.6) is 5.75 Å². The first-order valence-corrected chi connectivity index (χ1v) is 5.36. The van der Waals surface area contributed by atoms with Gasteiger partial charge in [-0.3, -0.25) is 4.79 Å². The van der Waals surface area contributed by atoms with Gasteiger partial charge in [0.05, 0.1) is 17.0 Å². The van der Waals surface area contributed by atoms with E-state index in [2.05, 4.69) is 5.10 Å². The number of aromatic nitrogens is 2. The zero-order chi connectivity index (χ0) is 16.0. The summed E-state index contributed by atoms with van der Waals surface area (Å²) in [5.74, 6) is -6.92. The minimum absolute atomic E-state index is 0.196. The summed E-state index contributed by atoms with van der Waals surface area (Å²) >= 11 is 0.